The first-order valence-corrected chi connectivity index (χ1v) is 16.6. The van der Waals surface area contributed by atoms with E-state index in [0.717, 1.165) is 50.4 Å². The maximum atomic E-state index is 14.1. The minimum atomic E-state index is -0.415. The van der Waals surface area contributed by atoms with Gasteiger partial charge in [0.25, 0.3) is 5.91 Å². The Hall–Kier alpha value is -3.20. The predicted octanol–water partition coefficient (Wildman–Crippen LogP) is 6.54. The summed E-state index contributed by atoms with van der Waals surface area (Å²) in [6.07, 6.45) is 4.14. The number of carbonyl (C=O) groups excluding carboxylic acids is 2. The quantitative estimate of drug-likeness (QED) is 0.312. The van der Waals surface area contributed by atoms with Crippen molar-refractivity contribution in [3.8, 4) is 0 Å². The summed E-state index contributed by atoms with van der Waals surface area (Å²) >= 11 is 8.18. The number of piperidine rings is 1. The lowest BCUT2D eigenvalue weighted by Gasteiger charge is -2.32. The number of amides is 2. The van der Waals surface area contributed by atoms with E-state index in [-0.39, 0.29) is 24.3 Å². The van der Waals surface area contributed by atoms with Crippen LogP contribution in [0.2, 0.25) is 5.02 Å². The molecule has 3 aliphatic rings. The Morgan fingerprint density at radius 1 is 1.05 bits per heavy atom. The van der Waals surface area contributed by atoms with Crippen molar-refractivity contribution in [3.63, 3.8) is 0 Å². The first-order valence-electron chi connectivity index (χ1n) is 15.0. The van der Waals surface area contributed by atoms with E-state index in [4.69, 9.17) is 16.6 Å². The number of hydrogen-bond donors (Lipinski definition) is 1. The van der Waals surface area contributed by atoms with Crippen molar-refractivity contribution in [1.82, 2.24) is 10.2 Å². The van der Waals surface area contributed by atoms with Crippen molar-refractivity contribution in [1.29, 1.82) is 0 Å². The van der Waals surface area contributed by atoms with Crippen molar-refractivity contribution in [2.24, 2.45) is 16.8 Å². The van der Waals surface area contributed by atoms with Gasteiger partial charge in [0.2, 0.25) is 5.91 Å². The highest BCUT2D eigenvalue weighted by Gasteiger charge is 2.36. The molecule has 43 heavy (non-hydrogen) atoms. The fraction of sp³-hybridized carbons (Fsp3) is 0.382. The summed E-state index contributed by atoms with van der Waals surface area (Å²) in [4.78, 5) is 36.1. The highest BCUT2D eigenvalue weighted by molar-refractivity contribution is 8.00. The fourth-order valence-corrected chi connectivity index (χ4v) is 7.45. The number of fused-ring (bicyclic) bond motifs is 2. The zero-order chi connectivity index (χ0) is 29.8. The Bertz CT molecular complexity index is 1510. The average molecular weight is 619 g/mol. The summed E-state index contributed by atoms with van der Waals surface area (Å²) in [6.45, 7) is 3.50. The number of likely N-dealkylation sites (tertiary alicyclic amines) is 1. The van der Waals surface area contributed by atoms with Gasteiger partial charge in [-0.3, -0.25) is 14.6 Å². The van der Waals surface area contributed by atoms with Crippen LogP contribution in [0.15, 0.2) is 71.7 Å². The maximum Gasteiger partial charge on any atom is 0.251 e. The van der Waals surface area contributed by atoms with Gasteiger partial charge in [-0.2, -0.15) is 11.8 Å². The summed E-state index contributed by atoms with van der Waals surface area (Å²) in [5.74, 6) is 1.23. The number of thioether (sulfide) groups is 1. The van der Waals surface area contributed by atoms with Crippen LogP contribution in [-0.2, 0) is 17.8 Å². The van der Waals surface area contributed by atoms with Crippen molar-refractivity contribution in [3.05, 3.63) is 94.3 Å². The third-order valence-corrected chi connectivity index (χ3v) is 10.1. The molecule has 3 aromatic rings. The third kappa shape index (κ3) is 7.14. The fourth-order valence-electron chi connectivity index (χ4n) is 6.25. The Morgan fingerprint density at radius 3 is 2.67 bits per heavy atom. The van der Waals surface area contributed by atoms with Crippen molar-refractivity contribution in [2.45, 2.75) is 32.2 Å². The molecule has 0 aliphatic carbocycles. The van der Waals surface area contributed by atoms with Gasteiger partial charge in [0.15, 0.2) is 0 Å². The second-order valence-corrected chi connectivity index (χ2v) is 13.1. The molecular weight excluding hydrogens is 583 g/mol. The maximum absolute atomic E-state index is 14.1. The zero-order valence-electron chi connectivity index (χ0n) is 24.1. The molecule has 1 N–H and O–H groups in total. The molecule has 2 amide bonds. The smallest absolute Gasteiger partial charge is 0.251 e. The van der Waals surface area contributed by atoms with Crippen LogP contribution >= 0.6 is 23.4 Å². The normalized spacial score (nSPS) is 19.3. The van der Waals surface area contributed by atoms with Crippen LogP contribution in [0.4, 0.5) is 15.8 Å². The van der Waals surface area contributed by atoms with E-state index in [9.17, 15) is 14.0 Å². The summed E-state index contributed by atoms with van der Waals surface area (Å²) in [5, 5.41) is 3.46. The summed E-state index contributed by atoms with van der Waals surface area (Å²) < 4.78 is 14.1. The highest BCUT2D eigenvalue weighted by Crippen LogP contribution is 2.39. The van der Waals surface area contributed by atoms with Gasteiger partial charge in [-0.25, -0.2) is 4.39 Å². The number of aliphatic imine (C=N–C) groups is 1. The molecule has 0 spiro atoms. The van der Waals surface area contributed by atoms with Crippen LogP contribution in [0.5, 0.6) is 0 Å². The van der Waals surface area contributed by atoms with Gasteiger partial charge in [-0.1, -0.05) is 41.9 Å². The SMILES string of the molecule is O=C(NCCN1CCC(Cc2ccccc2)CC1)c1ccc2c(c1)N(Cc1cc(F)ccc1Cl)C(=O)C1CCSCC1=N2. The second-order valence-electron chi connectivity index (χ2n) is 11.6. The Labute approximate surface area is 261 Å². The van der Waals surface area contributed by atoms with Gasteiger partial charge in [0, 0.05) is 35.1 Å². The molecule has 9 heteroatoms. The summed E-state index contributed by atoms with van der Waals surface area (Å²) in [5.41, 5.74) is 4.40. The number of benzene rings is 3. The molecule has 0 radical (unpaired) electrons. The molecule has 1 unspecified atom stereocenters. The monoisotopic (exact) mass is 618 g/mol. The van der Waals surface area contributed by atoms with Gasteiger partial charge < -0.3 is 15.1 Å². The van der Waals surface area contributed by atoms with Gasteiger partial charge in [0.05, 0.1) is 23.8 Å². The Morgan fingerprint density at radius 2 is 1.86 bits per heavy atom. The van der Waals surface area contributed by atoms with Gasteiger partial charge >= 0.3 is 0 Å². The number of hydrogen-bond acceptors (Lipinski definition) is 5. The molecule has 6 rings (SSSR count). The number of anilines is 1. The summed E-state index contributed by atoms with van der Waals surface area (Å²) in [7, 11) is 0. The molecule has 3 aromatic carbocycles. The minimum Gasteiger partial charge on any atom is -0.351 e. The highest BCUT2D eigenvalue weighted by atomic mass is 35.5. The number of carbonyl (C=O) groups is 2. The standard InChI is InChI=1S/C34H36ClFN4O2S/c35-29-8-7-27(36)19-26(29)21-40-32-20-25(6-9-30(32)38-31-22-43-17-12-28(31)34(40)42)33(41)37-13-16-39-14-10-24(11-15-39)18-23-4-2-1-3-5-23/h1-9,19-20,24,28H,10-18,21-22H2,(H,37,41). The molecule has 2 saturated heterocycles. The van der Waals surface area contributed by atoms with E-state index in [1.165, 1.54) is 23.8 Å². The largest absolute Gasteiger partial charge is 0.351 e. The molecule has 3 heterocycles. The molecule has 1 atom stereocenters. The van der Waals surface area contributed by atoms with E-state index in [1.54, 1.807) is 28.8 Å². The number of nitrogens with zero attached hydrogens (tertiary/aromatic N) is 3. The topological polar surface area (TPSA) is 65.0 Å². The molecule has 0 bridgehead atoms. The molecule has 6 nitrogen and oxygen atoms in total. The van der Waals surface area contributed by atoms with E-state index in [2.05, 4.69) is 40.5 Å². The zero-order valence-corrected chi connectivity index (χ0v) is 25.7. The second kappa shape index (κ2) is 13.6. The van der Waals surface area contributed by atoms with Crippen LogP contribution in [0, 0.1) is 17.7 Å². The predicted molar refractivity (Wildman–Crippen MR) is 173 cm³/mol. The van der Waals surface area contributed by atoms with Gasteiger partial charge in [-0.05, 0) is 98.0 Å². The molecule has 224 valence electrons. The minimum absolute atomic E-state index is 0.0913. The molecule has 0 saturated carbocycles. The van der Waals surface area contributed by atoms with Crippen molar-refractivity contribution < 1.29 is 14.0 Å². The van der Waals surface area contributed by atoms with Crippen LogP contribution in [0.25, 0.3) is 0 Å². The van der Waals surface area contributed by atoms with Crippen molar-refractivity contribution in [2.75, 3.05) is 42.6 Å². The van der Waals surface area contributed by atoms with E-state index in [0.29, 0.717) is 52.2 Å². The third-order valence-electron chi connectivity index (χ3n) is 8.68. The first-order chi connectivity index (χ1) is 20.9. The Kier molecular flexibility index (Phi) is 9.46. The lowest BCUT2D eigenvalue weighted by atomic mass is 9.90. The lowest BCUT2D eigenvalue weighted by Crippen LogP contribution is -2.41. The lowest BCUT2D eigenvalue weighted by molar-refractivity contribution is -0.120. The molecule has 0 aromatic heterocycles. The van der Waals surface area contributed by atoms with E-state index in [1.807, 2.05) is 6.07 Å². The van der Waals surface area contributed by atoms with Gasteiger partial charge in [-0.15, -0.1) is 0 Å². The van der Waals surface area contributed by atoms with Crippen LogP contribution < -0.4 is 10.2 Å². The van der Waals surface area contributed by atoms with E-state index < -0.39 is 5.82 Å². The molecule has 2 fully saturated rings. The van der Waals surface area contributed by atoms with Gasteiger partial charge in [0.1, 0.15) is 5.82 Å². The molecular formula is C34H36ClFN4O2S. The van der Waals surface area contributed by atoms with Crippen molar-refractivity contribution >= 4 is 52.3 Å². The van der Waals surface area contributed by atoms with E-state index >= 15 is 0 Å². The van der Waals surface area contributed by atoms with Crippen LogP contribution in [0.3, 0.4) is 0 Å². The Balaban J connectivity index is 1.12. The first kappa shape index (κ1) is 29.9. The number of halogens is 2. The number of nitrogens with one attached hydrogen (secondary N) is 1. The van der Waals surface area contributed by atoms with Crippen LogP contribution in [-0.4, -0.2) is 60.1 Å². The average Bonchev–Trinajstić information content (AvgIpc) is 3.14. The number of rotatable bonds is 8. The summed E-state index contributed by atoms with van der Waals surface area (Å²) in [6, 6.07) is 20.2. The molecule has 3 aliphatic heterocycles. The van der Waals surface area contributed by atoms with Crippen LogP contribution in [0.1, 0.15) is 40.7 Å².